The van der Waals surface area contributed by atoms with E-state index < -0.39 is 0 Å². The summed E-state index contributed by atoms with van der Waals surface area (Å²) in [6.45, 7) is 4.66. The minimum Gasteiger partial charge on any atom is -0.467 e. The highest BCUT2D eigenvalue weighted by Crippen LogP contribution is 2.27. The van der Waals surface area contributed by atoms with Crippen LogP contribution in [-0.2, 0) is 4.74 Å². The van der Waals surface area contributed by atoms with E-state index in [9.17, 15) is 0 Å². The van der Waals surface area contributed by atoms with E-state index in [1.807, 2.05) is 19.9 Å². The maximum absolute atomic E-state index is 5.88. The summed E-state index contributed by atoms with van der Waals surface area (Å²) in [7, 11) is 0. The molecule has 0 aromatic heterocycles. The molecule has 0 amide bonds. The Bertz CT molecular complexity index is 315. The third kappa shape index (κ3) is 3.70. The van der Waals surface area contributed by atoms with Gasteiger partial charge in [0.15, 0.2) is 6.79 Å². The van der Waals surface area contributed by atoms with E-state index in [4.69, 9.17) is 26.8 Å². The van der Waals surface area contributed by atoms with Crippen LogP contribution in [0.25, 0.3) is 0 Å². The Balaban J connectivity index is 2.77. The van der Waals surface area contributed by atoms with Crippen LogP contribution < -0.4 is 10.5 Å². The highest BCUT2D eigenvalue weighted by atomic mass is 35.5. The number of ether oxygens (including phenoxy) is 2. The normalized spacial score (nSPS) is 12.5. The molecule has 0 heterocycles. The Kier molecular flexibility index (Phi) is 4.88. The zero-order valence-electron chi connectivity index (χ0n) is 9.00. The van der Waals surface area contributed by atoms with Gasteiger partial charge in [-0.05, 0) is 32.0 Å². The molecule has 1 rings (SSSR count). The first-order valence-corrected chi connectivity index (χ1v) is 5.28. The van der Waals surface area contributed by atoms with Crippen molar-refractivity contribution >= 4 is 11.6 Å². The van der Waals surface area contributed by atoms with E-state index in [0.29, 0.717) is 11.6 Å². The Morgan fingerprint density at radius 3 is 2.80 bits per heavy atom. The van der Waals surface area contributed by atoms with E-state index in [0.717, 1.165) is 11.3 Å². The SMILES string of the molecule is CCOCOc1ccc(Cl)cc1[C@H](C)N. The van der Waals surface area contributed by atoms with E-state index in [1.165, 1.54) is 0 Å². The molecule has 1 aromatic rings. The number of nitrogens with two attached hydrogens (primary N) is 1. The lowest BCUT2D eigenvalue weighted by atomic mass is 10.1. The number of rotatable bonds is 5. The van der Waals surface area contributed by atoms with Crippen LogP contribution in [0.3, 0.4) is 0 Å². The van der Waals surface area contributed by atoms with Crippen molar-refractivity contribution in [2.24, 2.45) is 5.73 Å². The second-order valence-corrected chi connectivity index (χ2v) is 3.66. The number of hydrogen-bond donors (Lipinski definition) is 1. The summed E-state index contributed by atoms with van der Waals surface area (Å²) in [4.78, 5) is 0. The van der Waals surface area contributed by atoms with Crippen LogP contribution in [0.2, 0.25) is 5.02 Å². The monoisotopic (exact) mass is 229 g/mol. The highest BCUT2D eigenvalue weighted by Gasteiger charge is 2.08. The third-order valence-electron chi connectivity index (χ3n) is 1.96. The number of halogens is 1. The summed E-state index contributed by atoms with van der Waals surface area (Å²) >= 11 is 5.88. The van der Waals surface area contributed by atoms with Crippen molar-refractivity contribution in [3.8, 4) is 5.75 Å². The Morgan fingerprint density at radius 1 is 1.47 bits per heavy atom. The molecule has 0 fully saturated rings. The van der Waals surface area contributed by atoms with Gasteiger partial charge >= 0.3 is 0 Å². The summed E-state index contributed by atoms with van der Waals surface area (Å²) in [5.41, 5.74) is 6.70. The van der Waals surface area contributed by atoms with Crippen LogP contribution in [0.4, 0.5) is 0 Å². The lowest BCUT2D eigenvalue weighted by molar-refractivity contribution is 0.0217. The zero-order valence-corrected chi connectivity index (χ0v) is 9.75. The van der Waals surface area contributed by atoms with E-state index >= 15 is 0 Å². The summed E-state index contributed by atoms with van der Waals surface area (Å²) in [6, 6.07) is 5.28. The molecule has 0 aliphatic rings. The van der Waals surface area contributed by atoms with E-state index in [2.05, 4.69) is 0 Å². The van der Waals surface area contributed by atoms with Crippen LogP contribution in [-0.4, -0.2) is 13.4 Å². The van der Waals surface area contributed by atoms with Crippen molar-refractivity contribution in [2.75, 3.05) is 13.4 Å². The lowest BCUT2D eigenvalue weighted by Crippen LogP contribution is -2.10. The average Bonchev–Trinajstić information content (AvgIpc) is 2.20. The van der Waals surface area contributed by atoms with Crippen LogP contribution in [0, 0.1) is 0 Å². The molecule has 0 unspecified atom stereocenters. The van der Waals surface area contributed by atoms with Crippen LogP contribution in [0.5, 0.6) is 5.75 Å². The van der Waals surface area contributed by atoms with Gasteiger partial charge < -0.3 is 15.2 Å². The van der Waals surface area contributed by atoms with E-state index in [1.54, 1.807) is 12.1 Å². The van der Waals surface area contributed by atoms with Gasteiger partial charge in [-0.2, -0.15) is 0 Å². The average molecular weight is 230 g/mol. The van der Waals surface area contributed by atoms with Crippen LogP contribution in [0.15, 0.2) is 18.2 Å². The summed E-state index contributed by atoms with van der Waals surface area (Å²) in [5, 5.41) is 0.658. The van der Waals surface area contributed by atoms with Crippen molar-refractivity contribution in [1.82, 2.24) is 0 Å². The maximum Gasteiger partial charge on any atom is 0.189 e. The Hall–Kier alpha value is -0.770. The minimum absolute atomic E-state index is 0.111. The van der Waals surface area contributed by atoms with Gasteiger partial charge in [-0.3, -0.25) is 0 Å². The maximum atomic E-state index is 5.88. The van der Waals surface area contributed by atoms with E-state index in [-0.39, 0.29) is 12.8 Å². The Morgan fingerprint density at radius 2 is 2.20 bits per heavy atom. The molecule has 2 N–H and O–H groups in total. The number of hydrogen-bond acceptors (Lipinski definition) is 3. The molecule has 1 aromatic carbocycles. The first-order chi connectivity index (χ1) is 7.15. The molecule has 4 heteroatoms. The minimum atomic E-state index is -0.111. The van der Waals surface area contributed by atoms with Gasteiger partial charge in [0, 0.05) is 23.2 Å². The highest BCUT2D eigenvalue weighted by molar-refractivity contribution is 6.30. The van der Waals surface area contributed by atoms with Gasteiger partial charge in [-0.1, -0.05) is 11.6 Å². The topological polar surface area (TPSA) is 44.5 Å². The standard InChI is InChI=1S/C11H16ClNO2/c1-3-14-7-15-11-5-4-9(12)6-10(11)8(2)13/h4-6,8H,3,7,13H2,1-2H3/t8-/m0/s1. The van der Waals surface area contributed by atoms with Gasteiger partial charge in [0.1, 0.15) is 5.75 Å². The fraction of sp³-hybridized carbons (Fsp3) is 0.455. The first kappa shape index (κ1) is 12.3. The first-order valence-electron chi connectivity index (χ1n) is 4.90. The van der Waals surface area contributed by atoms with Crippen molar-refractivity contribution in [3.63, 3.8) is 0 Å². The molecule has 0 aliphatic carbocycles. The fourth-order valence-corrected chi connectivity index (χ4v) is 1.38. The molecule has 0 bridgehead atoms. The lowest BCUT2D eigenvalue weighted by Gasteiger charge is -2.14. The van der Waals surface area contributed by atoms with Gasteiger partial charge in [0.2, 0.25) is 0 Å². The molecule has 0 saturated heterocycles. The molecule has 0 radical (unpaired) electrons. The van der Waals surface area contributed by atoms with Crippen LogP contribution in [0.1, 0.15) is 25.5 Å². The van der Waals surface area contributed by atoms with Gasteiger partial charge in [0.05, 0.1) is 0 Å². The molecule has 0 aliphatic heterocycles. The second-order valence-electron chi connectivity index (χ2n) is 3.23. The molecule has 0 spiro atoms. The second kappa shape index (κ2) is 5.95. The van der Waals surface area contributed by atoms with Crippen LogP contribution >= 0.6 is 11.6 Å². The van der Waals surface area contributed by atoms with Crippen molar-refractivity contribution in [2.45, 2.75) is 19.9 Å². The molecule has 0 saturated carbocycles. The predicted octanol–water partition coefficient (Wildman–Crippen LogP) is 2.73. The predicted molar refractivity (Wildman–Crippen MR) is 61.2 cm³/mol. The summed E-state index contributed by atoms with van der Waals surface area (Å²) < 4.78 is 10.5. The largest absolute Gasteiger partial charge is 0.467 e. The van der Waals surface area contributed by atoms with Crippen molar-refractivity contribution in [3.05, 3.63) is 28.8 Å². The number of benzene rings is 1. The van der Waals surface area contributed by atoms with Crippen molar-refractivity contribution < 1.29 is 9.47 Å². The summed E-state index contributed by atoms with van der Waals surface area (Å²) in [6.07, 6.45) is 0. The van der Waals surface area contributed by atoms with Crippen molar-refractivity contribution in [1.29, 1.82) is 0 Å². The Labute approximate surface area is 95.1 Å². The summed E-state index contributed by atoms with van der Waals surface area (Å²) in [5.74, 6) is 0.725. The molecule has 84 valence electrons. The quantitative estimate of drug-likeness (QED) is 0.624. The fourth-order valence-electron chi connectivity index (χ4n) is 1.20. The molecule has 15 heavy (non-hydrogen) atoms. The molecular weight excluding hydrogens is 214 g/mol. The zero-order chi connectivity index (χ0) is 11.3. The molecule has 3 nitrogen and oxygen atoms in total. The van der Waals surface area contributed by atoms with Gasteiger partial charge in [-0.25, -0.2) is 0 Å². The molecule has 1 atom stereocenters. The third-order valence-corrected chi connectivity index (χ3v) is 2.20. The van der Waals surface area contributed by atoms with Gasteiger partial charge in [-0.15, -0.1) is 0 Å². The smallest absolute Gasteiger partial charge is 0.189 e. The van der Waals surface area contributed by atoms with Gasteiger partial charge in [0.25, 0.3) is 0 Å². The molecular formula is C11H16ClNO2.